The molecule has 1 amide bonds. The first kappa shape index (κ1) is 11.9. The Balaban J connectivity index is 1.87. The van der Waals surface area contributed by atoms with E-state index >= 15 is 0 Å². The van der Waals surface area contributed by atoms with Crippen molar-refractivity contribution in [3.63, 3.8) is 0 Å². The fourth-order valence-corrected chi connectivity index (χ4v) is 2.21. The predicted molar refractivity (Wildman–Crippen MR) is 69.1 cm³/mol. The number of anilines is 1. The molecule has 1 heterocycles. The van der Waals surface area contributed by atoms with Crippen LogP contribution in [0.3, 0.4) is 0 Å². The summed E-state index contributed by atoms with van der Waals surface area (Å²) in [6.45, 7) is 4.26. The highest BCUT2D eigenvalue weighted by Crippen LogP contribution is 2.14. The number of carbonyl (C=O) groups is 1. The Morgan fingerprint density at radius 1 is 1.29 bits per heavy atom. The van der Waals surface area contributed by atoms with E-state index in [1.165, 1.54) is 25.9 Å². The smallest absolute Gasteiger partial charge is 0.250 e. The van der Waals surface area contributed by atoms with E-state index in [4.69, 9.17) is 5.73 Å². The van der Waals surface area contributed by atoms with E-state index in [1.54, 1.807) is 6.07 Å². The number of para-hydroxylation sites is 1. The zero-order chi connectivity index (χ0) is 12.1. The Bertz CT molecular complexity index is 386. The number of amides is 1. The molecule has 1 aliphatic rings. The molecular weight excluding hydrogens is 214 g/mol. The van der Waals surface area contributed by atoms with Crippen LogP contribution in [0, 0.1) is 0 Å². The summed E-state index contributed by atoms with van der Waals surface area (Å²) in [6, 6.07) is 7.38. The van der Waals surface area contributed by atoms with Crippen molar-refractivity contribution in [3.8, 4) is 0 Å². The molecule has 0 aromatic heterocycles. The Morgan fingerprint density at radius 3 is 2.71 bits per heavy atom. The molecule has 92 valence electrons. The number of rotatable bonds is 5. The van der Waals surface area contributed by atoms with Gasteiger partial charge in [-0.25, -0.2) is 0 Å². The van der Waals surface area contributed by atoms with Crippen molar-refractivity contribution in [2.45, 2.75) is 12.8 Å². The molecule has 1 aliphatic heterocycles. The van der Waals surface area contributed by atoms with E-state index < -0.39 is 0 Å². The maximum Gasteiger partial charge on any atom is 0.250 e. The summed E-state index contributed by atoms with van der Waals surface area (Å²) in [6.07, 6.45) is 2.61. The van der Waals surface area contributed by atoms with E-state index in [0.717, 1.165) is 18.8 Å². The van der Waals surface area contributed by atoms with Crippen LogP contribution in [0.25, 0.3) is 0 Å². The molecule has 0 atom stereocenters. The molecule has 1 fully saturated rings. The van der Waals surface area contributed by atoms with Gasteiger partial charge in [-0.05, 0) is 38.1 Å². The fraction of sp³-hybridized carbons (Fsp3) is 0.462. The molecule has 0 aliphatic carbocycles. The van der Waals surface area contributed by atoms with Gasteiger partial charge in [0.25, 0.3) is 5.91 Å². The second kappa shape index (κ2) is 5.68. The molecule has 2 rings (SSSR count). The highest BCUT2D eigenvalue weighted by molar-refractivity contribution is 5.98. The highest BCUT2D eigenvalue weighted by Gasteiger charge is 2.11. The monoisotopic (exact) mass is 233 g/mol. The molecule has 0 bridgehead atoms. The minimum Gasteiger partial charge on any atom is -0.383 e. The summed E-state index contributed by atoms with van der Waals surface area (Å²) < 4.78 is 0. The van der Waals surface area contributed by atoms with Gasteiger partial charge in [0.1, 0.15) is 0 Å². The molecule has 17 heavy (non-hydrogen) atoms. The average molecular weight is 233 g/mol. The van der Waals surface area contributed by atoms with Crippen molar-refractivity contribution >= 4 is 11.6 Å². The molecule has 1 saturated heterocycles. The lowest BCUT2D eigenvalue weighted by molar-refractivity contribution is 0.100. The Kier molecular flexibility index (Phi) is 3.98. The van der Waals surface area contributed by atoms with Crippen molar-refractivity contribution in [1.29, 1.82) is 0 Å². The molecule has 0 unspecified atom stereocenters. The van der Waals surface area contributed by atoms with Crippen molar-refractivity contribution in [1.82, 2.24) is 4.90 Å². The van der Waals surface area contributed by atoms with E-state index in [0.29, 0.717) is 5.56 Å². The van der Waals surface area contributed by atoms with Gasteiger partial charge < -0.3 is 16.0 Å². The summed E-state index contributed by atoms with van der Waals surface area (Å²) in [5.41, 5.74) is 6.72. The maximum absolute atomic E-state index is 11.2. The largest absolute Gasteiger partial charge is 0.383 e. The lowest BCUT2D eigenvalue weighted by Crippen LogP contribution is -2.26. The number of nitrogens with one attached hydrogen (secondary N) is 1. The van der Waals surface area contributed by atoms with Crippen molar-refractivity contribution in [2.24, 2.45) is 5.73 Å². The van der Waals surface area contributed by atoms with Crippen LogP contribution in [0.1, 0.15) is 23.2 Å². The van der Waals surface area contributed by atoms with E-state index in [-0.39, 0.29) is 5.91 Å². The van der Waals surface area contributed by atoms with Crippen LogP contribution in [-0.2, 0) is 0 Å². The first-order chi connectivity index (χ1) is 8.27. The number of primary amides is 1. The summed E-state index contributed by atoms with van der Waals surface area (Å²) in [7, 11) is 0. The summed E-state index contributed by atoms with van der Waals surface area (Å²) in [5.74, 6) is -0.380. The molecule has 3 N–H and O–H groups in total. The van der Waals surface area contributed by atoms with Gasteiger partial charge in [0.05, 0.1) is 5.56 Å². The molecule has 1 aromatic rings. The number of nitrogens with zero attached hydrogens (tertiary/aromatic N) is 1. The third-order valence-corrected chi connectivity index (χ3v) is 3.13. The summed E-state index contributed by atoms with van der Waals surface area (Å²) in [5, 5.41) is 3.28. The van der Waals surface area contributed by atoms with Crippen LogP contribution in [-0.4, -0.2) is 37.0 Å². The van der Waals surface area contributed by atoms with Crippen molar-refractivity contribution in [3.05, 3.63) is 29.8 Å². The number of hydrogen-bond acceptors (Lipinski definition) is 3. The Hall–Kier alpha value is -1.55. The minimum atomic E-state index is -0.380. The van der Waals surface area contributed by atoms with Gasteiger partial charge >= 0.3 is 0 Å². The molecular formula is C13H19N3O. The third-order valence-electron chi connectivity index (χ3n) is 3.13. The number of nitrogens with two attached hydrogens (primary N) is 1. The molecule has 4 heteroatoms. The van der Waals surface area contributed by atoms with Crippen molar-refractivity contribution in [2.75, 3.05) is 31.5 Å². The minimum absolute atomic E-state index is 0.380. The first-order valence-electron chi connectivity index (χ1n) is 6.12. The van der Waals surface area contributed by atoms with E-state index in [2.05, 4.69) is 10.2 Å². The fourth-order valence-electron chi connectivity index (χ4n) is 2.21. The quantitative estimate of drug-likeness (QED) is 0.805. The SMILES string of the molecule is NC(=O)c1ccccc1NCCN1CCCC1. The third kappa shape index (κ3) is 3.20. The van der Waals surface area contributed by atoms with Gasteiger partial charge in [-0.1, -0.05) is 12.1 Å². The van der Waals surface area contributed by atoms with Gasteiger partial charge in [-0.2, -0.15) is 0 Å². The van der Waals surface area contributed by atoms with Gasteiger partial charge in [0, 0.05) is 18.8 Å². The van der Waals surface area contributed by atoms with E-state index in [1.807, 2.05) is 18.2 Å². The van der Waals surface area contributed by atoms with Crippen LogP contribution >= 0.6 is 0 Å². The van der Waals surface area contributed by atoms with Crippen molar-refractivity contribution < 1.29 is 4.79 Å². The zero-order valence-electron chi connectivity index (χ0n) is 9.98. The topological polar surface area (TPSA) is 58.4 Å². The predicted octanol–water partition coefficient (Wildman–Crippen LogP) is 1.29. The number of benzene rings is 1. The Labute approximate surface area is 102 Å². The van der Waals surface area contributed by atoms with E-state index in [9.17, 15) is 4.79 Å². The number of hydrogen-bond donors (Lipinski definition) is 2. The molecule has 1 aromatic carbocycles. The number of likely N-dealkylation sites (tertiary alicyclic amines) is 1. The molecule has 0 radical (unpaired) electrons. The lowest BCUT2D eigenvalue weighted by Gasteiger charge is -2.16. The maximum atomic E-state index is 11.2. The van der Waals surface area contributed by atoms with Crippen LogP contribution in [0.4, 0.5) is 5.69 Å². The molecule has 0 saturated carbocycles. The standard InChI is InChI=1S/C13H19N3O/c14-13(17)11-5-1-2-6-12(11)15-7-10-16-8-3-4-9-16/h1-2,5-6,15H,3-4,7-10H2,(H2,14,17). The second-order valence-electron chi connectivity index (χ2n) is 4.39. The van der Waals surface area contributed by atoms with Gasteiger partial charge in [-0.3, -0.25) is 4.79 Å². The summed E-state index contributed by atoms with van der Waals surface area (Å²) in [4.78, 5) is 13.6. The van der Waals surface area contributed by atoms with Gasteiger partial charge in [0.15, 0.2) is 0 Å². The second-order valence-corrected chi connectivity index (χ2v) is 4.39. The highest BCUT2D eigenvalue weighted by atomic mass is 16.1. The molecule has 0 spiro atoms. The van der Waals surface area contributed by atoms with Crippen LogP contribution < -0.4 is 11.1 Å². The van der Waals surface area contributed by atoms with Crippen LogP contribution in [0.5, 0.6) is 0 Å². The van der Waals surface area contributed by atoms with Crippen LogP contribution in [0.15, 0.2) is 24.3 Å². The van der Waals surface area contributed by atoms with Gasteiger partial charge in [0.2, 0.25) is 0 Å². The molecule has 4 nitrogen and oxygen atoms in total. The number of carbonyl (C=O) groups excluding carboxylic acids is 1. The van der Waals surface area contributed by atoms with Crippen LogP contribution in [0.2, 0.25) is 0 Å². The lowest BCUT2D eigenvalue weighted by atomic mass is 10.1. The average Bonchev–Trinajstić information content (AvgIpc) is 2.82. The Morgan fingerprint density at radius 2 is 2.00 bits per heavy atom. The van der Waals surface area contributed by atoms with Gasteiger partial charge in [-0.15, -0.1) is 0 Å². The normalized spacial score (nSPS) is 16.0. The zero-order valence-corrected chi connectivity index (χ0v) is 9.98. The summed E-state index contributed by atoms with van der Waals surface area (Å²) >= 11 is 0. The first-order valence-corrected chi connectivity index (χ1v) is 6.12.